The third-order valence-corrected chi connectivity index (χ3v) is 4.58. The molecule has 0 heterocycles. The van der Waals surface area contributed by atoms with E-state index in [1.165, 1.54) is 0 Å². The van der Waals surface area contributed by atoms with Crippen LogP contribution in [0.2, 0.25) is 0 Å². The summed E-state index contributed by atoms with van der Waals surface area (Å²) in [7, 11) is -3.45. The van der Waals surface area contributed by atoms with Gasteiger partial charge in [0.25, 0.3) is 0 Å². The van der Waals surface area contributed by atoms with Crippen LogP contribution in [0.4, 0.5) is 5.69 Å². The highest BCUT2D eigenvalue weighted by molar-refractivity contribution is 7.55. The van der Waals surface area contributed by atoms with Gasteiger partial charge in [-0.3, -0.25) is 9.36 Å². The Labute approximate surface area is 126 Å². The Bertz CT molecular complexity index is 497. The monoisotopic (exact) mass is 313 g/mol. The molecule has 1 amide bonds. The first kappa shape index (κ1) is 17.9. The summed E-state index contributed by atoms with van der Waals surface area (Å²) in [5.74, 6) is -0.386. The number of rotatable bonds is 7. The van der Waals surface area contributed by atoms with E-state index >= 15 is 0 Å². The molecule has 0 spiro atoms. The predicted octanol–water partition coefficient (Wildman–Crippen LogP) is 3.98. The van der Waals surface area contributed by atoms with Crippen molar-refractivity contribution in [2.75, 3.05) is 11.5 Å². The second-order valence-electron chi connectivity index (χ2n) is 5.49. The lowest BCUT2D eigenvalue weighted by molar-refractivity contribution is -0.114. The summed E-state index contributed by atoms with van der Waals surface area (Å²) in [6.45, 7) is 9.00. The summed E-state index contributed by atoms with van der Waals surface area (Å²) in [6, 6.07) is 7.38. The third-order valence-electron chi connectivity index (χ3n) is 2.42. The summed E-state index contributed by atoms with van der Waals surface area (Å²) in [4.78, 5) is 12.0. The second-order valence-corrected chi connectivity index (χ2v) is 7.45. The summed E-state index contributed by atoms with van der Waals surface area (Å²) >= 11 is 0. The van der Waals surface area contributed by atoms with Gasteiger partial charge in [0.05, 0.1) is 12.2 Å². The van der Waals surface area contributed by atoms with Crippen LogP contribution in [0.5, 0.6) is 0 Å². The van der Waals surface area contributed by atoms with Crippen molar-refractivity contribution in [1.82, 2.24) is 0 Å². The SMILES string of the molecule is Cc1ccc(NC(=O)CP(=O)(OC(C)C)OC(C)C)cc1. The minimum Gasteiger partial charge on any atom is -0.326 e. The number of carbonyl (C=O) groups excluding carboxylic acids is 1. The first-order chi connectivity index (χ1) is 9.70. The van der Waals surface area contributed by atoms with Gasteiger partial charge in [-0.05, 0) is 46.8 Å². The van der Waals surface area contributed by atoms with Crippen LogP contribution in [0.25, 0.3) is 0 Å². The van der Waals surface area contributed by atoms with Gasteiger partial charge in [0.15, 0.2) is 0 Å². The summed E-state index contributed by atoms with van der Waals surface area (Å²) in [5, 5.41) is 2.70. The fraction of sp³-hybridized carbons (Fsp3) is 0.533. The summed E-state index contributed by atoms with van der Waals surface area (Å²) in [5.41, 5.74) is 1.76. The number of hydrogen-bond donors (Lipinski definition) is 1. The van der Waals surface area contributed by atoms with E-state index in [4.69, 9.17) is 9.05 Å². The summed E-state index contributed by atoms with van der Waals surface area (Å²) < 4.78 is 23.3. The molecule has 1 aromatic rings. The average molecular weight is 313 g/mol. The van der Waals surface area contributed by atoms with Gasteiger partial charge in [-0.1, -0.05) is 17.7 Å². The van der Waals surface area contributed by atoms with Crippen LogP contribution in [-0.4, -0.2) is 24.3 Å². The van der Waals surface area contributed by atoms with Gasteiger partial charge in [0.2, 0.25) is 5.91 Å². The topological polar surface area (TPSA) is 64.6 Å². The number of carbonyl (C=O) groups is 1. The van der Waals surface area contributed by atoms with E-state index in [2.05, 4.69) is 5.32 Å². The van der Waals surface area contributed by atoms with Crippen molar-refractivity contribution in [3.05, 3.63) is 29.8 Å². The van der Waals surface area contributed by atoms with Gasteiger partial charge in [-0.25, -0.2) is 0 Å². The number of hydrogen-bond acceptors (Lipinski definition) is 4. The highest BCUT2D eigenvalue weighted by atomic mass is 31.2. The van der Waals surface area contributed by atoms with Gasteiger partial charge in [-0.15, -0.1) is 0 Å². The molecule has 0 aliphatic rings. The number of amides is 1. The van der Waals surface area contributed by atoms with Crippen molar-refractivity contribution in [3.8, 4) is 0 Å². The molecule has 0 radical (unpaired) electrons. The third kappa shape index (κ3) is 6.89. The molecule has 0 fully saturated rings. The van der Waals surface area contributed by atoms with Crippen LogP contribution < -0.4 is 5.32 Å². The minimum atomic E-state index is -3.45. The molecule has 0 unspecified atom stereocenters. The molecule has 0 aliphatic carbocycles. The van der Waals surface area contributed by atoms with Crippen LogP contribution in [0.15, 0.2) is 24.3 Å². The Kier molecular flexibility index (Phi) is 6.59. The Hall–Kier alpha value is -1.16. The number of nitrogens with one attached hydrogen (secondary N) is 1. The Morgan fingerprint density at radius 2 is 1.57 bits per heavy atom. The predicted molar refractivity (Wildman–Crippen MR) is 84.7 cm³/mol. The standard InChI is InChI=1S/C15H24NO4P/c1-11(2)19-21(18,20-12(3)4)10-15(17)16-14-8-6-13(5)7-9-14/h6-9,11-12H,10H2,1-5H3,(H,16,17). The molecule has 0 bridgehead atoms. The molecule has 0 saturated heterocycles. The molecule has 6 heteroatoms. The first-order valence-electron chi connectivity index (χ1n) is 7.02. The number of anilines is 1. The summed E-state index contributed by atoms with van der Waals surface area (Å²) in [6.07, 6.45) is -0.847. The molecule has 1 rings (SSSR count). The Morgan fingerprint density at radius 1 is 1.10 bits per heavy atom. The Morgan fingerprint density at radius 3 is 2.00 bits per heavy atom. The number of aryl methyl sites for hydroxylation is 1. The lowest BCUT2D eigenvalue weighted by atomic mass is 10.2. The van der Waals surface area contributed by atoms with E-state index in [1.54, 1.807) is 39.8 Å². The maximum Gasteiger partial charge on any atom is 0.340 e. The molecule has 118 valence electrons. The van der Waals surface area contributed by atoms with Gasteiger partial charge >= 0.3 is 7.60 Å². The second kappa shape index (κ2) is 7.74. The van der Waals surface area contributed by atoms with Crippen molar-refractivity contribution in [3.63, 3.8) is 0 Å². The van der Waals surface area contributed by atoms with Crippen molar-refractivity contribution in [2.45, 2.75) is 46.8 Å². The normalized spacial score (nSPS) is 12.0. The highest BCUT2D eigenvalue weighted by Crippen LogP contribution is 2.50. The van der Waals surface area contributed by atoms with Gasteiger partial charge in [0.1, 0.15) is 6.16 Å². The average Bonchev–Trinajstić information content (AvgIpc) is 2.28. The maximum absolute atomic E-state index is 12.6. The molecule has 21 heavy (non-hydrogen) atoms. The highest BCUT2D eigenvalue weighted by Gasteiger charge is 2.31. The van der Waals surface area contributed by atoms with Crippen LogP contribution in [-0.2, 0) is 18.4 Å². The molecule has 1 aromatic carbocycles. The van der Waals surface area contributed by atoms with Gasteiger partial charge in [0, 0.05) is 5.69 Å². The van der Waals surface area contributed by atoms with Crippen molar-refractivity contribution >= 4 is 19.2 Å². The van der Waals surface area contributed by atoms with Crippen molar-refractivity contribution < 1.29 is 18.4 Å². The van der Waals surface area contributed by atoms with Crippen molar-refractivity contribution in [2.24, 2.45) is 0 Å². The minimum absolute atomic E-state index is 0.276. The van der Waals surface area contributed by atoms with Crippen LogP contribution >= 0.6 is 7.60 Å². The fourth-order valence-corrected chi connectivity index (χ4v) is 3.67. The zero-order valence-electron chi connectivity index (χ0n) is 13.3. The maximum atomic E-state index is 12.6. The molecular weight excluding hydrogens is 289 g/mol. The smallest absolute Gasteiger partial charge is 0.326 e. The fourth-order valence-electron chi connectivity index (χ4n) is 1.76. The molecule has 0 saturated carbocycles. The van der Waals surface area contributed by atoms with E-state index in [0.717, 1.165) is 5.56 Å². The van der Waals surface area contributed by atoms with Gasteiger partial charge < -0.3 is 14.4 Å². The molecule has 5 nitrogen and oxygen atoms in total. The first-order valence-corrected chi connectivity index (χ1v) is 8.75. The van der Waals surface area contributed by atoms with E-state index in [0.29, 0.717) is 5.69 Å². The largest absolute Gasteiger partial charge is 0.340 e. The molecule has 0 aromatic heterocycles. The van der Waals surface area contributed by atoms with Gasteiger partial charge in [-0.2, -0.15) is 0 Å². The van der Waals surface area contributed by atoms with E-state index in [1.807, 2.05) is 19.1 Å². The quantitative estimate of drug-likeness (QED) is 0.773. The lowest BCUT2D eigenvalue weighted by Crippen LogP contribution is -2.20. The lowest BCUT2D eigenvalue weighted by Gasteiger charge is -2.22. The van der Waals surface area contributed by atoms with E-state index in [9.17, 15) is 9.36 Å². The molecule has 1 N–H and O–H groups in total. The van der Waals surface area contributed by atoms with Crippen LogP contribution in [0.3, 0.4) is 0 Å². The van der Waals surface area contributed by atoms with E-state index in [-0.39, 0.29) is 24.3 Å². The van der Waals surface area contributed by atoms with Crippen LogP contribution in [0, 0.1) is 6.92 Å². The zero-order chi connectivity index (χ0) is 16.0. The molecule has 0 atom stereocenters. The van der Waals surface area contributed by atoms with Crippen molar-refractivity contribution in [1.29, 1.82) is 0 Å². The Balaban J connectivity index is 2.71. The zero-order valence-corrected chi connectivity index (χ0v) is 14.1. The molecular formula is C15H24NO4P. The number of benzene rings is 1. The van der Waals surface area contributed by atoms with Crippen LogP contribution in [0.1, 0.15) is 33.3 Å². The van der Waals surface area contributed by atoms with E-state index < -0.39 is 7.60 Å². The molecule has 0 aliphatic heterocycles.